The van der Waals surface area contributed by atoms with Crippen molar-refractivity contribution in [2.45, 2.75) is 52.1 Å². The van der Waals surface area contributed by atoms with Crippen molar-refractivity contribution < 1.29 is 0 Å². The zero-order valence-electron chi connectivity index (χ0n) is 13.6. The predicted molar refractivity (Wildman–Crippen MR) is 90.6 cm³/mol. The number of fused-ring (bicyclic) bond motifs is 2. The number of halogens is 1. The molecule has 1 aromatic rings. The molecular formula is C19H26ClN. The number of benzene rings is 1. The van der Waals surface area contributed by atoms with E-state index in [4.69, 9.17) is 11.6 Å². The number of nitrogens with zero attached hydrogens (tertiary/aromatic N) is 1. The molecular weight excluding hydrogens is 278 g/mol. The average Bonchev–Trinajstić information content (AvgIpc) is 2.43. The number of allylic oxidation sites excluding steroid dienone is 1. The van der Waals surface area contributed by atoms with Crippen molar-refractivity contribution in [3.8, 4) is 0 Å². The number of hydrogen-bond donors (Lipinski definition) is 0. The minimum atomic E-state index is 0.193. The van der Waals surface area contributed by atoms with Gasteiger partial charge in [0.1, 0.15) is 0 Å². The van der Waals surface area contributed by atoms with Gasteiger partial charge in [0.05, 0.1) is 0 Å². The molecule has 2 bridgehead atoms. The van der Waals surface area contributed by atoms with Crippen LogP contribution in [0.3, 0.4) is 0 Å². The van der Waals surface area contributed by atoms with Gasteiger partial charge in [-0.2, -0.15) is 0 Å². The van der Waals surface area contributed by atoms with E-state index < -0.39 is 0 Å². The van der Waals surface area contributed by atoms with E-state index in [1.54, 1.807) is 5.57 Å². The van der Waals surface area contributed by atoms with Crippen molar-refractivity contribution >= 4 is 11.6 Å². The van der Waals surface area contributed by atoms with Crippen LogP contribution in [0.4, 0.5) is 0 Å². The molecule has 3 atom stereocenters. The van der Waals surface area contributed by atoms with Gasteiger partial charge in [-0.1, -0.05) is 35.4 Å². The van der Waals surface area contributed by atoms with Gasteiger partial charge in [0.25, 0.3) is 0 Å². The van der Waals surface area contributed by atoms with Crippen LogP contribution in [0.2, 0.25) is 5.02 Å². The molecule has 21 heavy (non-hydrogen) atoms. The van der Waals surface area contributed by atoms with E-state index in [9.17, 15) is 0 Å². The summed E-state index contributed by atoms with van der Waals surface area (Å²) in [6.07, 6.45) is 5.06. The van der Waals surface area contributed by atoms with Crippen LogP contribution in [0.25, 0.3) is 0 Å². The Kier molecular flexibility index (Phi) is 3.92. The molecule has 0 saturated carbocycles. The normalized spacial score (nSPS) is 30.1. The molecule has 0 aromatic heterocycles. The first-order chi connectivity index (χ1) is 9.86. The summed E-state index contributed by atoms with van der Waals surface area (Å²) in [6, 6.07) is 8.98. The van der Waals surface area contributed by atoms with Crippen LogP contribution in [0.1, 0.15) is 52.1 Å². The van der Waals surface area contributed by atoms with Crippen LogP contribution in [-0.4, -0.2) is 17.0 Å². The van der Waals surface area contributed by atoms with Gasteiger partial charge in [-0.05, 0) is 70.1 Å². The Morgan fingerprint density at radius 3 is 2.43 bits per heavy atom. The summed E-state index contributed by atoms with van der Waals surface area (Å²) in [5.41, 5.74) is 3.17. The number of hydrogen-bond acceptors (Lipinski definition) is 1. The van der Waals surface area contributed by atoms with Crippen LogP contribution in [0.5, 0.6) is 0 Å². The quantitative estimate of drug-likeness (QED) is 0.622. The summed E-state index contributed by atoms with van der Waals surface area (Å²) in [5.74, 6) is 1.47. The second kappa shape index (κ2) is 5.44. The van der Waals surface area contributed by atoms with E-state index >= 15 is 0 Å². The fraction of sp³-hybridized carbons (Fsp3) is 0.579. The lowest BCUT2D eigenvalue weighted by atomic mass is 9.70. The highest BCUT2D eigenvalue weighted by Gasteiger charge is 2.43. The summed E-state index contributed by atoms with van der Waals surface area (Å²) in [7, 11) is 0. The van der Waals surface area contributed by atoms with E-state index in [0.29, 0.717) is 12.0 Å². The highest BCUT2D eigenvalue weighted by molar-refractivity contribution is 6.30. The third-order valence-corrected chi connectivity index (χ3v) is 5.44. The van der Waals surface area contributed by atoms with Crippen LogP contribution in [0.15, 0.2) is 35.9 Å². The lowest BCUT2D eigenvalue weighted by Crippen LogP contribution is -2.53. The van der Waals surface area contributed by atoms with E-state index in [-0.39, 0.29) is 5.54 Å². The van der Waals surface area contributed by atoms with Gasteiger partial charge in [0, 0.05) is 23.1 Å². The summed E-state index contributed by atoms with van der Waals surface area (Å²) < 4.78 is 0. The highest BCUT2D eigenvalue weighted by Crippen LogP contribution is 2.48. The zero-order valence-corrected chi connectivity index (χ0v) is 14.3. The Bertz CT molecular complexity index is 538. The van der Waals surface area contributed by atoms with E-state index in [1.807, 2.05) is 12.1 Å². The van der Waals surface area contributed by atoms with Crippen molar-refractivity contribution in [1.29, 1.82) is 0 Å². The van der Waals surface area contributed by atoms with Crippen molar-refractivity contribution in [3.05, 3.63) is 46.5 Å². The minimum absolute atomic E-state index is 0.193. The van der Waals surface area contributed by atoms with Gasteiger partial charge in [-0.3, -0.25) is 4.90 Å². The maximum atomic E-state index is 6.09. The molecule has 0 amide bonds. The van der Waals surface area contributed by atoms with Crippen molar-refractivity contribution in [2.75, 3.05) is 6.54 Å². The van der Waals surface area contributed by atoms with Crippen LogP contribution >= 0.6 is 11.6 Å². The van der Waals surface area contributed by atoms with Gasteiger partial charge in [-0.15, -0.1) is 0 Å². The lowest BCUT2D eigenvalue weighted by Gasteiger charge is -2.53. The minimum Gasteiger partial charge on any atom is -0.291 e. The Morgan fingerprint density at radius 1 is 1.14 bits per heavy atom. The third kappa shape index (κ3) is 2.91. The molecule has 2 aliphatic rings. The summed E-state index contributed by atoms with van der Waals surface area (Å²) in [4.78, 5) is 2.71. The van der Waals surface area contributed by atoms with Crippen molar-refractivity contribution in [3.63, 3.8) is 0 Å². The molecule has 1 aliphatic carbocycles. The van der Waals surface area contributed by atoms with Gasteiger partial charge in [-0.25, -0.2) is 0 Å². The molecule has 1 fully saturated rings. The maximum Gasteiger partial charge on any atom is 0.0418 e. The van der Waals surface area contributed by atoms with Crippen molar-refractivity contribution in [2.24, 2.45) is 11.8 Å². The standard InChI is InChI=1S/C19H26ClN/c1-13-5-6-14-11-17(13)18(21(12-14)19(2,3)4)15-7-9-16(20)10-8-15/h5,7-10,14,17-18H,6,11-12H2,1-4H3/t14-,17-,18+/m1/s1. The smallest absolute Gasteiger partial charge is 0.0418 e. The Labute approximate surface area is 134 Å². The summed E-state index contributed by atoms with van der Waals surface area (Å²) >= 11 is 6.09. The fourth-order valence-corrected chi connectivity index (χ4v) is 4.17. The Balaban J connectivity index is 2.04. The van der Waals surface area contributed by atoms with Gasteiger partial charge in [0.2, 0.25) is 0 Å². The molecule has 1 heterocycles. The molecule has 0 radical (unpaired) electrons. The third-order valence-electron chi connectivity index (χ3n) is 5.19. The van der Waals surface area contributed by atoms with Gasteiger partial charge >= 0.3 is 0 Å². The lowest BCUT2D eigenvalue weighted by molar-refractivity contribution is -0.00648. The molecule has 1 nitrogen and oxygen atoms in total. The van der Waals surface area contributed by atoms with Gasteiger partial charge < -0.3 is 0 Å². The first-order valence-corrected chi connectivity index (χ1v) is 8.43. The average molecular weight is 304 g/mol. The molecule has 0 spiro atoms. The Morgan fingerprint density at radius 2 is 1.81 bits per heavy atom. The molecule has 0 N–H and O–H groups in total. The first-order valence-electron chi connectivity index (χ1n) is 8.05. The SMILES string of the molecule is CC1=CC[C@@H]2C[C@H]1[C@H](c1ccc(Cl)cc1)N(C(C)(C)C)C2. The van der Waals surface area contributed by atoms with E-state index in [0.717, 1.165) is 10.9 Å². The predicted octanol–water partition coefficient (Wildman–Crippen LogP) is 5.47. The Hall–Kier alpha value is -0.790. The summed E-state index contributed by atoms with van der Waals surface area (Å²) in [5, 5.41) is 0.825. The molecule has 1 aliphatic heterocycles. The second-order valence-electron chi connectivity index (χ2n) is 7.71. The molecule has 2 heteroatoms. The number of rotatable bonds is 1. The highest BCUT2D eigenvalue weighted by atomic mass is 35.5. The largest absolute Gasteiger partial charge is 0.291 e. The fourth-order valence-electron chi connectivity index (χ4n) is 4.04. The van der Waals surface area contributed by atoms with Crippen LogP contribution in [-0.2, 0) is 0 Å². The molecule has 1 aromatic carbocycles. The molecule has 0 unspecified atom stereocenters. The van der Waals surface area contributed by atoms with Crippen LogP contribution < -0.4 is 0 Å². The first kappa shape index (κ1) is 15.1. The van der Waals surface area contributed by atoms with E-state index in [1.165, 1.54) is 24.9 Å². The molecule has 1 saturated heterocycles. The molecule has 114 valence electrons. The van der Waals surface area contributed by atoms with Crippen molar-refractivity contribution in [1.82, 2.24) is 4.90 Å². The second-order valence-corrected chi connectivity index (χ2v) is 8.15. The maximum absolute atomic E-state index is 6.09. The molecule has 3 rings (SSSR count). The number of piperidine rings is 1. The zero-order chi connectivity index (χ0) is 15.2. The number of likely N-dealkylation sites (tertiary alicyclic amines) is 1. The topological polar surface area (TPSA) is 3.24 Å². The monoisotopic (exact) mass is 303 g/mol. The van der Waals surface area contributed by atoms with Crippen LogP contribution in [0, 0.1) is 11.8 Å². The van der Waals surface area contributed by atoms with Gasteiger partial charge in [0.15, 0.2) is 0 Å². The van der Waals surface area contributed by atoms with E-state index in [2.05, 4.69) is 50.8 Å². The summed E-state index contributed by atoms with van der Waals surface area (Å²) in [6.45, 7) is 10.6.